The highest BCUT2D eigenvalue weighted by atomic mass is 32.2. The molecule has 1 aliphatic heterocycles. The van der Waals surface area contributed by atoms with Crippen molar-refractivity contribution in [3.63, 3.8) is 0 Å². The van der Waals surface area contributed by atoms with Crippen LogP contribution in [-0.2, 0) is 21.2 Å². The maximum absolute atomic E-state index is 12.1. The number of carbonyl (C=O) groups excluding carboxylic acids is 1. The molecule has 0 bridgehead atoms. The first-order valence-corrected chi connectivity index (χ1v) is 10.6. The lowest BCUT2D eigenvalue weighted by molar-refractivity contribution is -0.122. The highest BCUT2D eigenvalue weighted by molar-refractivity contribution is 7.91. The minimum atomic E-state index is -2.93. The van der Waals surface area contributed by atoms with Gasteiger partial charge in [0.15, 0.2) is 9.84 Å². The molecule has 1 atom stereocenters. The summed E-state index contributed by atoms with van der Waals surface area (Å²) in [7, 11) is -1.13. The van der Waals surface area contributed by atoms with Crippen LogP contribution in [0, 0.1) is 0 Å². The number of likely N-dealkylation sites (N-methyl/N-ethyl adjacent to an activating group) is 1. The van der Waals surface area contributed by atoms with E-state index in [1.807, 2.05) is 29.2 Å². The van der Waals surface area contributed by atoms with Gasteiger partial charge in [0.1, 0.15) is 5.75 Å². The van der Waals surface area contributed by atoms with Crippen LogP contribution in [-0.4, -0.2) is 57.0 Å². The zero-order chi connectivity index (χ0) is 18.3. The van der Waals surface area contributed by atoms with Crippen LogP contribution in [0.3, 0.4) is 0 Å². The average molecular weight is 368 g/mol. The molecule has 1 N–H and O–H groups in total. The molecule has 0 aromatic heterocycles. The van der Waals surface area contributed by atoms with Gasteiger partial charge < -0.3 is 10.1 Å². The quantitative estimate of drug-likeness (QED) is 0.670. The molecule has 140 valence electrons. The van der Waals surface area contributed by atoms with E-state index in [4.69, 9.17) is 4.74 Å². The molecular formula is C18H28N2O4S. The first-order valence-electron chi connectivity index (χ1n) is 8.78. The van der Waals surface area contributed by atoms with Crippen LogP contribution in [0.15, 0.2) is 24.3 Å². The number of sulfone groups is 1. The number of benzene rings is 1. The summed E-state index contributed by atoms with van der Waals surface area (Å²) in [6.07, 6.45) is 2.71. The van der Waals surface area contributed by atoms with Gasteiger partial charge in [-0.1, -0.05) is 25.5 Å². The van der Waals surface area contributed by atoms with Crippen LogP contribution < -0.4 is 10.1 Å². The Bertz CT molecular complexity index is 675. The van der Waals surface area contributed by atoms with E-state index in [9.17, 15) is 13.2 Å². The van der Waals surface area contributed by atoms with Crippen molar-refractivity contribution in [3.05, 3.63) is 29.8 Å². The third-order valence-electron chi connectivity index (χ3n) is 4.38. The standard InChI is InChI=1S/C18H28N2O4S/c1-3-4-9-24-17-7-5-6-15(11-17)12-19-18(21)13-20(2)16-8-10-25(22,23)14-16/h5-7,11,16H,3-4,8-10,12-14H2,1-2H3,(H,19,21). The molecule has 6 nitrogen and oxygen atoms in total. The second-order valence-electron chi connectivity index (χ2n) is 6.60. The maximum Gasteiger partial charge on any atom is 0.234 e. The zero-order valence-electron chi connectivity index (χ0n) is 15.0. The molecule has 1 saturated heterocycles. The van der Waals surface area contributed by atoms with Crippen LogP contribution in [0.5, 0.6) is 5.75 Å². The number of unbranched alkanes of at least 4 members (excludes halogenated alkanes) is 1. The van der Waals surface area contributed by atoms with Gasteiger partial charge in [-0.25, -0.2) is 8.42 Å². The number of hydrogen-bond acceptors (Lipinski definition) is 5. The maximum atomic E-state index is 12.1. The van der Waals surface area contributed by atoms with Crippen molar-refractivity contribution >= 4 is 15.7 Å². The summed E-state index contributed by atoms with van der Waals surface area (Å²) in [5, 5.41) is 2.88. The molecule has 7 heteroatoms. The molecule has 1 aromatic carbocycles. The summed E-state index contributed by atoms with van der Waals surface area (Å²) in [4.78, 5) is 13.9. The van der Waals surface area contributed by atoms with Crippen molar-refractivity contribution < 1.29 is 17.9 Å². The third-order valence-corrected chi connectivity index (χ3v) is 6.13. The zero-order valence-corrected chi connectivity index (χ0v) is 15.8. The number of nitrogens with zero attached hydrogens (tertiary/aromatic N) is 1. The predicted molar refractivity (Wildman–Crippen MR) is 98.4 cm³/mol. The lowest BCUT2D eigenvalue weighted by Gasteiger charge is -2.22. The van der Waals surface area contributed by atoms with E-state index in [1.165, 1.54) is 0 Å². The number of carbonyl (C=O) groups is 1. The molecule has 0 radical (unpaired) electrons. The molecule has 1 heterocycles. The number of hydrogen-bond donors (Lipinski definition) is 1. The molecule has 1 amide bonds. The Labute approximate surface area is 150 Å². The van der Waals surface area contributed by atoms with Crippen molar-refractivity contribution in [2.24, 2.45) is 0 Å². The molecule has 0 aliphatic carbocycles. The first kappa shape index (κ1) is 19.7. The van der Waals surface area contributed by atoms with Crippen LogP contribution in [0.1, 0.15) is 31.7 Å². The van der Waals surface area contributed by atoms with E-state index >= 15 is 0 Å². The fraction of sp³-hybridized carbons (Fsp3) is 0.611. The van der Waals surface area contributed by atoms with Crippen LogP contribution >= 0.6 is 0 Å². The van der Waals surface area contributed by atoms with Crippen molar-refractivity contribution in [3.8, 4) is 5.75 Å². The predicted octanol–water partition coefficient (Wildman–Crippen LogP) is 1.60. The van der Waals surface area contributed by atoms with Crippen LogP contribution in [0.2, 0.25) is 0 Å². The van der Waals surface area contributed by atoms with Crippen LogP contribution in [0.25, 0.3) is 0 Å². The summed E-state index contributed by atoms with van der Waals surface area (Å²) >= 11 is 0. The smallest absolute Gasteiger partial charge is 0.234 e. The highest BCUT2D eigenvalue weighted by Crippen LogP contribution is 2.16. The van der Waals surface area contributed by atoms with Gasteiger partial charge in [-0.15, -0.1) is 0 Å². The van der Waals surface area contributed by atoms with Crippen molar-refractivity contribution in [2.45, 2.75) is 38.8 Å². The Morgan fingerprint density at radius 2 is 2.20 bits per heavy atom. The summed E-state index contributed by atoms with van der Waals surface area (Å²) in [6.45, 7) is 3.45. The minimum absolute atomic E-state index is 0.0638. The van der Waals surface area contributed by atoms with E-state index in [-0.39, 0.29) is 30.0 Å². The molecule has 1 aliphatic rings. The van der Waals surface area contributed by atoms with Gasteiger partial charge in [0, 0.05) is 12.6 Å². The van der Waals surface area contributed by atoms with E-state index in [0.29, 0.717) is 19.6 Å². The SMILES string of the molecule is CCCCOc1cccc(CNC(=O)CN(C)C2CCS(=O)(=O)C2)c1. The Balaban J connectivity index is 1.77. The number of nitrogens with one attached hydrogen (secondary N) is 1. The molecule has 0 spiro atoms. The van der Waals surface area contributed by atoms with Gasteiger partial charge in [0.25, 0.3) is 0 Å². The first-order chi connectivity index (χ1) is 11.9. The van der Waals surface area contributed by atoms with Gasteiger partial charge in [0.2, 0.25) is 5.91 Å². The van der Waals surface area contributed by atoms with Crippen LogP contribution in [0.4, 0.5) is 0 Å². The Morgan fingerprint density at radius 3 is 2.88 bits per heavy atom. The average Bonchev–Trinajstić information content (AvgIpc) is 2.94. The van der Waals surface area contributed by atoms with E-state index in [1.54, 1.807) is 7.05 Å². The number of rotatable bonds is 9. The summed E-state index contributed by atoms with van der Waals surface area (Å²) in [5.74, 6) is 1.07. The monoisotopic (exact) mass is 368 g/mol. The topological polar surface area (TPSA) is 75.7 Å². The molecule has 1 unspecified atom stereocenters. The normalized spacial score (nSPS) is 19.1. The minimum Gasteiger partial charge on any atom is -0.494 e. The van der Waals surface area contributed by atoms with Gasteiger partial charge in [-0.05, 0) is 37.6 Å². The Kier molecular flexibility index (Phi) is 7.25. The van der Waals surface area contributed by atoms with E-state index < -0.39 is 9.84 Å². The fourth-order valence-electron chi connectivity index (χ4n) is 2.81. The Hall–Kier alpha value is -1.60. The van der Waals surface area contributed by atoms with Gasteiger partial charge >= 0.3 is 0 Å². The second-order valence-corrected chi connectivity index (χ2v) is 8.83. The lowest BCUT2D eigenvalue weighted by atomic mass is 10.2. The van der Waals surface area contributed by atoms with Gasteiger partial charge in [-0.2, -0.15) is 0 Å². The largest absolute Gasteiger partial charge is 0.494 e. The fourth-order valence-corrected chi connectivity index (χ4v) is 4.62. The third kappa shape index (κ3) is 6.66. The molecule has 1 aromatic rings. The van der Waals surface area contributed by atoms with Crippen molar-refractivity contribution in [2.75, 3.05) is 31.7 Å². The molecule has 2 rings (SSSR count). The second kappa shape index (κ2) is 9.20. The summed E-state index contributed by atoms with van der Waals surface area (Å²) in [5.41, 5.74) is 0.980. The highest BCUT2D eigenvalue weighted by Gasteiger charge is 2.31. The van der Waals surface area contributed by atoms with E-state index in [0.717, 1.165) is 24.2 Å². The Morgan fingerprint density at radius 1 is 1.40 bits per heavy atom. The van der Waals surface area contributed by atoms with Crippen molar-refractivity contribution in [1.82, 2.24) is 10.2 Å². The van der Waals surface area contributed by atoms with Gasteiger partial charge in [-0.3, -0.25) is 9.69 Å². The molecule has 0 saturated carbocycles. The number of amides is 1. The van der Waals surface area contributed by atoms with Crippen molar-refractivity contribution in [1.29, 1.82) is 0 Å². The van der Waals surface area contributed by atoms with E-state index in [2.05, 4.69) is 12.2 Å². The lowest BCUT2D eigenvalue weighted by Crippen LogP contribution is -2.41. The summed E-state index contributed by atoms with van der Waals surface area (Å²) in [6, 6.07) is 7.64. The summed E-state index contributed by atoms with van der Waals surface area (Å²) < 4.78 is 28.7. The molecule has 25 heavy (non-hydrogen) atoms. The molecule has 1 fully saturated rings. The molecular weight excluding hydrogens is 340 g/mol. The number of ether oxygens (including phenoxy) is 1. The van der Waals surface area contributed by atoms with Gasteiger partial charge in [0.05, 0.1) is 24.7 Å².